The van der Waals surface area contributed by atoms with Crippen molar-refractivity contribution in [3.05, 3.63) is 41.9 Å². The lowest BCUT2D eigenvalue weighted by atomic mass is 10.0. The van der Waals surface area contributed by atoms with Gasteiger partial charge in [0, 0.05) is 22.9 Å². The summed E-state index contributed by atoms with van der Waals surface area (Å²) in [5.74, 6) is -6.19. The van der Waals surface area contributed by atoms with Crippen molar-refractivity contribution < 1.29 is 30.7 Å². The highest BCUT2D eigenvalue weighted by molar-refractivity contribution is 8.00. The maximum Gasteiger partial charge on any atom is 0.460 e. The van der Waals surface area contributed by atoms with Crippen molar-refractivity contribution >= 4 is 11.8 Å². The summed E-state index contributed by atoms with van der Waals surface area (Å²) in [4.78, 5) is 7.24. The first-order chi connectivity index (χ1) is 11.4. The second kappa shape index (κ2) is 6.47. The lowest BCUT2D eigenvalue weighted by Gasteiger charge is -2.28. The monoisotopic (exact) mass is 384 g/mol. The van der Waals surface area contributed by atoms with Crippen molar-refractivity contribution in [2.45, 2.75) is 36.1 Å². The third kappa shape index (κ3) is 3.73. The lowest BCUT2D eigenvalue weighted by Crippen LogP contribution is -2.49. The van der Waals surface area contributed by atoms with Crippen LogP contribution in [0.25, 0.3) is 11.3 Å². The highest BCUT2D eigenvalue weighted by Crippen LogP contribution is 2.55. The fourth-order valence-electron chi connectivity index (χ4n) is 2.13. The number of alkyl halides is 7. The molecule has 0 saturated heterocycles. The Morgan fingerprint density at radius 2 is 1.56 bits per heavy atom. The minimum Gasteiger partial charge on any atom is -0.261 e. The molecule has 0 N–H and O–H groups in total. The predicted molar refractivity (Wildman–Crippen MR) is 78.7 cm³/mol. The topological polar surface area (TPSA) is 25.8 Å². The van der Waals surface area contributed by atoms with Gasteiger partial charge in [0.2, 0.25) is 0 Å². The van der Waals surface area contributed by atoms with E-state index in [-0.39, 0.29) is 11.3 Å². The first-order valence-corrected chi connectivity index (χ1v) is 7.57. The third-order valence-corrected chi connectivity index (χ3v) is 4.28. The van der Waals surface area contributed by atoms with E-state index in [1.165, 1.54) is 32.4 Å². The summed E-state index contributed by atoms with van der Waals surface area (Å²) >= 11 is -0.842. The van der Waals surface area contributed by atoms with Crippen LogP contribution in [0, 0.1) is 13.8 Å². The Hall–Kier alpha value is -1.84. The van der Waals surface area contributed by atoms with E-state index in [1.54, 1.807) is 6.07 Å². The van der Waals surface area contributed by atoms with E-state index in [4.69, 9.17) is 0 Å². The number of aromatic nitrogens is 2. The molecule has 136 valence electrons. The number of thioether (sulfide) groups is 1. The van der Waals surface area contributed by atoms with Crippen LogP contribution in [0.15, 0.2) is 35.6 Å². The normalized spacial score (nSPS) is 13.2. The largest absolute Gasteiger partial charge is 0.460 e. The van der Waals surface area contributed by atoms with E-state index in [0.717, 1.165) is 6.07 Å². The number of nitrogens with zero attached hydrogens (tertiary/aromatic N) is 2. The van der Waals surface area contributed by atoms with Crippen LogP contribution in [0.5, 0.6) is 0 Å². The minimum absolute atomic E-state index is 0.0290. The lowest BCUT2D eigenvalue weighted by molar-refractivity contribution is -0.330. The molecule has 0 radical (unpaired) electrons. The van der Waals surface area contributed by atoms with Crippen LogP contribution in [0.1, 0.15) is 11.1 Å². The molecule has 0 amide bonds. The summed E-state index contributed by atoms with van der Waals surface area (Å²) in [6, 6.07) is 2.69. The molecule has 2 rings (SSSR count). The van der Waals surface area contributed by atoms with Gasteiger partial charge >= 0.3 is 17.4 Å². The second-order valence-corrected chi connectivity index (χ2v) is 6.39. The van der Waals surface area contributed by atoms with Crippen LogP contribution < -0.4 is 0 Å². The molecule has 0 aliphatic heterocycles. The molecular weight excluding hydrogens is 373 g/mol. The Balaban J connectivity index is 2.57. The molecule has 2 nitrogen and oxygen atoms in total. The van der Waals surface area contributed by atoms with Crippen molar-refractivity contribution in [2.75, 3.05) is 0 Å². The summed E-state index contributed by atoms with van der Waals surface area (Å²) in [6.45, 7) is 3.03. The van der Waals surface area contributed by atoms with Crippen LogP contribution in [-0.4, -0.2) is 27.3 Å². The molecule has 0 aliphatic rings. The maximum atomic E-state index is 13.8. The molecule has 0 fully saturated rings. The molecule has 10 heteroatoms. The van der Waals surface area contributed by atoms with Gasteiger partial charge in [-0.2, -0.15) is 30.7 Å². The number of hydrogen-bond donors (Lipinski definition) is 0. The highest BCUT2D eigenvalue weighted by atomic mass is 32.2. The van der Waals surface area contributed by atoms with Crippen LogP contribution in [-0.2, 0) is 0 Å². The van der Waals surface area contributed by atoms with Crippen molar-refractivity contribution in [1.29, 1.82) is 0 Å². The number of halogens is 7. The summed E-state index contributed by atoms with van der Waals surface area (Å²) in [7, 11) is 0. The molecule has 0 bridgehead atoms. The van der Waals surface area contributed by atoms with Crippen LogP contribution >= 0.6 is 11.8 Å². The van der Waals surface area contributed by atoms with Gasteiger partial charge in [0.1, 0.15) is 0 Å². The summed E-state index contributed by atoms with van der Waals surface area (Å²) in [5, 5.41) is -5.40. The van der Waals surface area contributed by atoms with Gasteiger partial charge in [-0.05, 0) is 42.8 Å². The Kier molecular flexibility index (Phi) is 5.04. The van der Waals surface area contributed by atoms with E-state index < -0.39 is 34.0 Å². The van der Waals surface area contributed by atoms with Gasteiger partial charge < -0.3 is 0 Å². The van der Waals surface area contributed by atoms with Gasteiger partial charge in [0.25, 0.3) is 0 Å². The van der Waals surface area contributed by atoms with Crippen molar-refractivity contribution in [3.63, 3.8) is 0 Å². The first kappa shape index (κ1) is 19.5. The zero-order valence-electron chi connectivity index (χ0n) is 12.8. The molecule has 2 aromatic rings. The number of benzene rings is 1. The van der Waals surface area contributed by atoms with E-state index in [0.29, 0.717) is 11.1 Å². The van der Waals surface area contributed by atoms with Gasteiger partial charge in [-0.25, -0.2) is 0 Å². The van der Waals surface area contributed by atoms with Gasteiger partial charge in [-0.1, -0.05) is 6.07 Å². The molecule has 1 aromatic carbocycles. The van der Waals surface area contributed by atoms with Crippen molar-refractivity contribution in [1.82, 2.24) is 9.97 Å². The van der Waals surface area contributed by atoms with Gasteiger partial charge in [-0.15, -0.1) is 0 Å². The fourth-order valence-corrected chi connectivity index (χ4v) is 3.27. The molecule has 25 heavy (non-hydrogen) atoms. The van der Waals surface area contributed by atoms with Crippen LogP contribution in [0.4, 0.5) is 30.7 Å². The Morgan fingerprint density at radius 3 is 2.08 bits per heavy atom. The van der Waals surface area contributed by atoms with Crippen LogP contribution in [0.3, 0.4) is 0 Å². The number of hydrogen-bond acceptors (Lipinski definition) is 3. The Bertz CT molecular complexity index is 760. The molecule has 1 aromatic heterocycles. The highest BCUT2D eigenvalue weighted by Gasteiger charge is 2.73. The van der Waals surface area contributed by atoms with Gasteiger partial charge in [0.05, 0.1) is 11.9 Å². The summed E-state index contributed by atoms with van der Waals surface area (Å²) < 4.78 is 91.1. The molecule has 0 saturated carbocycles. The minimum atomic E-state index is -6.38. The SMILES string of the molecule is Cc1cc(C)c(-c2cnccn2)c(SC(F)(F)C(F)(F)C(F)(F)F)c1. The standard InChI is InChI=1S/C15H11F7N2S/c1-8-5-9(2)12(10-7-23-3-4-24-10)11(6-8)25-15(21,22)13(16,17)14(18,19)20/h3-7H,1-2H3. The summed E-state index contributed by atoms with van der Waals surface area (Å²) in [6.07, 6.45) is -2.60. The zero-order chi connectivity index (χ0) is 19.0. The van der Waals surface area contributed by atoms with E-state index >= 15 is 0 Å². The van der Waals surface area contributed by atoms with E-state index in [1.807, 2.05) is 0 Å². The average Bonchev–Trinajstić information content (AvgIpc) is 2.45. The zero-order valence-corrected chi connectivity index (χ0v) is 13.7. The average molecular weight is 384 g/mol. The molecule has 0 spiro atoms. The maximum absolute atomic E-state index is 13.8. The smallest absolute Gasteiger partial charge is 0.261 e. The van der Waals surface area contributed by atoms with Gasteiger partial charge in [0.15, 0.2) is 0 Å². The van der Waals surface area contributed by atoms with Crippen molar-refractivity contribution in [3.8, 4) is 11.3 Å². The van der Waals surface area contributed by atoms with Gasteiger partial charge in [-0.3, -0.25) is 9.97 Å². The number of rotatable bonds is 4. The molecule has 0 unspecified atom stereocenters. The van der Waals surface area contributed by atoms with Crippen LogP contribution in [0.2, 0.25) is 0 Å². The second-order valence-electron chi connectivity index (χ2n) is 5.24. The fraction of sp³-hybridized carbons (Fsp3) is 0.333. The Labute approximate surface area is 142 Å². The quantitative estimate of drug-likeness (QED) is 0.504. The van der Waals surface area contributed by atoms with E-state index in [2.05, 4.69) is 9.97 Å². The molecule has 1 heterocycles. The molecular formula is C15H11F7N2S. The molecule has 0 atom stereocenters. The number of aryl methyl sites for hydroxylation is 2. The molecule has 0 aliphatic carbocycles. The predicted octanol–water partition coefficient (Wildman–Crippen LogP) is 5.64. The van der Waals surface area contributed by atoms with E-state index in [9.17, 15) is 30.7 Å². The summed E-state index contributed by atoms with van der Waals surface area (Å²) in [5.41, 5.74) is 0.947. The third-order valence-electron chi connectivity index (χ3n) is 3.22. The van der Waals surface area contributed by atoms with Crippen molar-refractivity contribution in [2.24, 2.45) is 0 Å². The Morgan fingerprint density at radius 1 is 0.920 bits per heavy atom. The first-order valence-electron chi connectivity index (χ1n) is 6.76.